The highest BCUT2D eigenvalue weighted by molar-refractivity contribution is 5.78. The van der Waals surface area contributed by atoms with Gasteiger partial charge in [0.15, 0.2) is 0 Å². The first-order valence-corrected chi connectivity index (χ1v) is 6.80. The molecule has 2 heterocycles. The van der Waals surface area contributed by atoms with E-state index in [-0.39, 0.29) is 6.04 Å². The maximum absolute atomic E-state index is 4.71. The molecule has 2 aromatic heterocycles. The number of nitrogens with one attached hydrogen (secondary N) is 2. The number of pyridine rings is 1. The van der Waals surface area contributed by atoms with Crippen LogP contribution in [0.25, 0.3) is 10.9 Å². The number of likely N-dealkylation sites (N-methyl/N-ethyl adjacent to an activating group) is 1. The summed E-state index contributed by atoms with van der Waals surface area (Å²) in [5, 5.41) is 15.3. The van der Waals surface area contributed by atoms with Gasteiger partial charge in [0.2, 0.25) is 0 Å². The lowest BCUT2D eigenvalue weighted by molar-refractivity contribution is 0.531. The summed E-state index contributed by atoms with van der Waals surface area (Å²) in [4.78, 5) is 4.71. The predicted octanol–water partition coefficient (Wildman–Crippen LogP) is 2.25. The Labute approximate surface area is 117 Å². The minimum absolute atomic E-state index is 0.132. The van der Waals surface area contributed by atoms with Crippen molar-refractivity contribution in [3.05, 3.63) is 54.0 Å². The lowest BCUT2D eigenvalue weighted by atomic mass is 10.1. The van der Waals surface area contributed by atoms with Crippen LogP contribution in [-0.4, -0.2) is 26.9 Å². The molecule has 5 heteroatoms. The molecule has 0 amide bonds. The summed E-state index contributed by atoms with van der Waals surface area (Å²) in [5.41, 5.74) is 3.00. The molecule has 0 aliphatic carbocycles. The maximum atomic E-state index is 4.71. The Balaban J connectivity index is 1.86. The zero-order valence-electron chi connectivity index (χ0n) is 11.4. The highest BCUT2D eigenvalue weighted by Crippen LogP contribution is 2.17. The number of para-hydroxylation sites is 1. The SMILES string of the molecule is CCNC(Cc1ccc2ccccc2n1)c1cn[nH]n1. The van der Waals surface area contributed by atoms with E-state index < -0.39 is 0 Å². The molecule has 0 spiro atoms. The van der Waals surface area contributed by atoms with Crippen molar-refractivity contribution < 1.29 is 0 Å². The number of hydrogen-bond acceptors (Lipinski definition) is 4. The van der Waals surface area contributed by atoms with E-state index in [1.54, 1.807) is 6.20 Å². The Bertz CT molecular complexity index is 678. The van der Waals surface area contributed by atoms with Crippen molar-refractivity contribution in [2.24, 2.45) is 0 Å². The molecule has 0 radical (unpaired) electrons. The molecule has 0 saturated heterocycles. The van der Waals surface area contributed by atoms with Crippen molar-refractivity contribution in [3.8, 4) is 0 Å². The first-order valence-electron chi connectivity index (χ1n) is 6.80. The van der Waals surface area contributed by atoms with Crippen molar-refractivity contribution in [2.75, 3.05) is 6.54 Å². The molecule has 0 saturated carbocycles. The molecule has 1 unspecified atom stereocenters. The molecule has 1 aromatic carbocycles. The van der Waals surface area contributed by atoms with Crippen LogP contribution in [-0.2, 0) is 6.42 Å². The number of fused-ring (bicyclic) bond motifs is 1. The lowest BCUT2D eigenvalue weighted by Crippen LogP contribution is -2.23. The van der Waals surface area contributed by atoms with Crippen LogP contribution in [0.4, 0.5) is 0 Å². The average Bonchev–Trinajstić information content (AvgIpc) is 3.01. The third-order valence-electron chi connectivity index (χ3n) is 3.31. The summed E-state index contributed by atoms with van der Waals surface area (Å²) >= 11 is 0. The van der Waals surface area contributed by atoms with Crippen molar-refractivity contribution in [1.82, 2.24) is 25.7 Å². The van der Waals surface area contributed by atoms with E-state index in [9.17, 15) is 0 Å². The molecule has 1 atom stereocenters. The van der Waals surface area contributed by atoms with Gasteiger partial charge in [-0.25, -0.2) is 0 Å². The monoisotopic (exact) mass is 267 g/mol. The minimum atomic E-state index is 0.132. The smallest absolute Gasteiger partial charge is 0.0997 e. The van der Waals surface area contributed by atoms with Crippen molar-refractivity contribution >= 4 is 10.9 Å². The summed E-state index contributed by atoms with van der Waals surface area (Å²) in [7, 11) is 0. The molecular formula is C15H17N5. The van der Waals surface area contributed by atoms with Crippen LogP contribution in [0.3, 0.4) is 0 Å². The number of nitrogens with zero attached hydrogens (tertiary/aromatic N) is 3. The number of rotatable bonds is 5. The molecule has 3 aromatic rings. The van der Waals surface area contributed by atoms with Crippen molar-refractivity contribution in [1.29, 1.82) is 0 Å². The summed E-state index contributed by atoms with van der Waals surface area (Å²) in [6, 6.07) is 12.5. The van der Waals surface area contributed by atoms with Gasteiger partial charge in [0.1, 0.15) is 0 Å². The fourth-order valence-corrected chi connectivity index (χ4v) is 2.34. The molecule has 0 aliphatic rings. The zero-order valence-corrected chi connectivity index (χ0v) is 11.4. The van der Waals surface area contributed by atoms with Gasteiger partial charge in [-0.2, -0.15) is 15.4 Å². The summed E-state index contributed by atoms with van der Waals surface area (Å²) in [6.07, 6.45) is 2.56. The standard InChI is InChI=1S/C15H17N5/c1-2-16-14(15-10-17-20-19-15)9-12-8-7-11-5-3-4-6-13(11)18-12/h3-8,10,14,16H,2,9H2,1H3,(H,17,19,20). The van der Waals surface area contributed by atoms with Crippen LogP contribution >= 0.6 is 0 Å². The number of hydrogen-bond donors (Lipinski definition) is 2. The Kier molecular flexibility index (Phi) is 3.69. The first-order chi connectivity index (χ1) is 9.86. The Morgan fingerprint density at radius 1 is 1.20 bits per heavy atom. The van der Waals surface area contributed by atoms with Gasteiger partial charge in [-0.15, -0.1) is 0 Å². The normalized spacial score (nSPS) is 12.7. The minimum Gasteiger partial charge on any atom is -0.308 e. The van der Waals surface area contributed by atoms with E-state index in [0.717, 1.165) is 35.3 Å². The first kappa shape index (κ1) is 12.7. The largest absolute Gasteiger partial charge is 0.308 e. The fraction of sp³-hybridized carbons (Fsp3) is 0.267. The highest BCUT2D eigenvalue weighted by atomic mass is 15.3. The van der Waals surface area contributed by atoms with Crippen LogP contribution in [0.5, 0.6) is 0 Å². The molecule has 20 heavy (non-hydrogen) atoms. The zero-order chi connectivity index (χ0) is 13.8. The molecule has 0 aliphatic heterocycles. The Morgan fingerprint density at radius 3 is 2.90 bits per heavy atom. The molecule has 0 fully saturated rings. The maximum Gasteiger partial charge on any atom is 0.0997 e. The van der Waals surface area contributed by atoms with E-state index in [0.29, 0.717) is 0 Å². The summed E-state index contributed by atoms with van der Waals surface area (Å²) < 4.78 is 0. The van der Waals surface area contributed by atoms with E-state index in [4.69, 9.17) is 4.98 Å². The van der Waals surface area contributed by atoms with Gasteiger partial charge in [-0.3, -0.25) is 4.98 Å². The van der Waals surface area contributed by atoms with E-state index in [1.807, 2.05) is 18.2 Å². The van der Waals surface area contributed by atoms with Crippen LogP contribution in [0, 0.1) is 0 Å². The van der Waals surface area contributed by atoms with Crippen molar-refractivity contribution in [2.45, 2.75) is 19.4 Å². The molecular weight excluding hydrogens is 250 g/mol. The number of aromatic nitrogens is 4. The van der Waals surface area contributed by atoms with Gasteiger partial charge in [-0.1, -0.05) is 31.2 Å². The Morgan fingerprint density at radius 2 is 2.10 bits per heavy atom. The van der Waals surface area contributed by atoms with Gasteiger partial charge in [-0.05, 0) is 18.7 Å². The van der Waals surface area contributed by atoms with Crippen LogP contribution in [0.2, 0.25) is 0 Å². The molecule has 102 valence electrons. The molecule has 2 N–H and O–H groups in total. The van der Waals surface area contributed by atoms with Crippen LogP contribution < -0.4 is 5.32 Å². The quantitative estimate of drug-likeness (QED) is 0.744. The molecule has 5 nitrogen and oxygen atoms in total. The van der Waals surface area contributed by atoms with E-state index in [2.05, 4.69) is 45.9 Å². The Hall–Kier alpha value is -2.27. The number of benzene rings is 1. The molecule has 0 bridgehead atoms. The number of aromatic amines is 1. The second-order valence-electron chi connectivity index (χ2n) is 4.70. The van der Waals surface area contributed by atoms with Gasteiger partial charge < -0.3 is 5.32 Å². The van der Waals surface area contributed by atoms with Crippen molar-refractivity contribution in [3.63, 3.8) is 0 Å². The second kappa shape index (κ2) is 5.79. The third-order valence-corrected chi connectivity index (χ3v) is 3.31. The second-order valence-corrected chi connectivity index (χ2v) is 4.70. The predicted molar refractivity (Wildman–Crippen MR) is 78.2 cm³/mol. The summed E-state index contributed by atoms with van der Waals surface area (Å²) in [5.74, 6) is 0. The van der Waals surface area contributed by atoms with Gasteiger partial charge in [0.05, 0.1) is 23.4 Å². The third kappa shape index (κ3) is 2.67. The molecule has 3 rings (SSSR count). The van der Waals surface area contributed by atoms with E-state index >= 15 is 0 Å². The van der Waals surface area contributed by atoms with Gasteiger partial charge in [0.25, 0.3) is 0 Å². The van der Waals surface area contributed by atoms with Gasteiger partial charge in [0, 0.05) is 17.5 Å². The highest BCUT2D eigenvalue weighted by Gasteiger charge is 2.14. The lowest BCUT2D eigenvalue weighted by Gasteiger charge is -2.14. The van der Waals surface area contributed by atoms with Gasteiger partial charge >= 0.3 is 0 Å². The topological polar surface area (TPSA) is 66.5 Å². The fourth-order valence-electron chi connectivity index (χ4n) is 2.34. The van der Waals surface area contributed by atoms with Crippen LogP contribution in [0.15, 0.2) is 42.6 Å². The number of H-pyrrole nitrogens is 1. The van der Waals surface area contributed by atoms with Crippen LogP contribution in [0.1, 0.15) is 24.4 Å². The average molecular weight is 267 g/mol. The summed E-state index contributed by atoms with van der Waals surface area (Å²) in [6.45, 7) is 2.96. The van der Waals surface area contributed by atoms with E-state index in [1.165, 1.54) is 0 Å².